The third kappa shape index (κ3) is 4.32. The molecule has 21 heavy (non-hydrogen) atoms. The molecule has 0 radical (unpaired) electrons. The molecule has 0 bridgehead atoms. The Balaban J connectivity index is 2.16. The van der Waals surface area contributed by atoms with Gasteiger partial charge in [0, 0.05) is 25.4 Å². The topological polar surface area (TPSA) is 73.1 Å². The van der Waals surface area contributed by atoms with E-state index in [4.69, 9.17) is 5.26 Å². The molecule has 0 aliphatic carbocycles. The minimum atomic E-state index is 0.463. The molecule has 1 aromatic carbocycles. The number of aromatic nitrogens is 1. The van der Waals surface area contributed by atoms with Gasteiger partial charge in [0.1, 0.15) is 0 Å². The summed E-state index contributed by atoms with van der Waals surface area (Å²) in [5, 5.41) is 14.0. The van der Waals surface area contributed by atoms with Crippen LogP contribution in [0.2, 0.25) is 0 Å². The fourth-order valence-corrected chi connectivity index (χ4v) is 1.98. The lowest BCUT2D eigenvalue weighted by molar-refractivity contribution is 0.953. The van der Waals surface area contributed by atoms with Crippen LogP contribution in [-0.2, 0) is 13.0 Å². The molecule has 5 heteroatoms. The maximum atomic E-state index is 8.62. The molecular formula is C16H17N5. The van der Waals surface area contributed by atoms with Crippen LogP contribution in [0.25, 0.3) is 0 Å². The van der Waals surface area contributed by atoms with Gasteiger partial charge in [-0.25, -0.2) is 4.99 Å². The SMILES string of the molecule is CNC(=NCc1ccccc1Cc1ccccn1)NC#N. The van der Waals surface area contributed by atoms with Crippen molar-refractivity contribution in [1.29, 1.82) is 5.26 Å². The van der Waals surface area contributed by atoms with Gasteiger partial charge in [-0.3, -0.25) is 10.3 Å². The first kappa shape index (κ1) is 14.5. The summed E-state index contributed by atoms with van der Waals surface area (Å²) in [6.45, 7) is 0.508. The van der Waals surface area contributed by atoms with Crippen molar-refractivity contribution in [2.45, 2.75) is 13.0 Å². The number of nitrogens with zero attached hydrogens (tertiary/aromatic N) is 3. The number of nitrogens with one attached hydrogen (secondary N) is 2. The van der Waals surface area contributed by atoms with Gasteiger partial charge >= 0.3 is 0 Å². The van der Waals surface area contributed by atoms with E-state index in [1.54, 1.807) is 13.2 Å². The van der Waals surface area contributed by atoms with E-state index in [0.717, 1.165) is 17.7 Å². The Kier molecular flexibility index (Phi) is 5.30. The molecule has 0 atom stereocenters. The van der Waals surface area contributed by atoms with Crippen molar-refractivity contribution in [2.24, 2.45) is 4.99 Å². The lowest BCUT2D eigenvalue weighted by Crippen LogP contribution is -2.31. The van der Waals surface area contributed by atoms with Crippen molar-refractivity contribution in [1.82, 2.24) is 15.6 Å². The third-order valence-corrected chi connectivity index (χ3v) is 3.03. The number of nitriles is 1. The third-order valence-electron chi connectivity index (χ3n) is 3.03. The average Bonchev–Trinajstić information content (AvgIpc) is 2.53. The molecule has 0 unspecified atom stereocenters. The molecule has 2 rings (SSSR count). The summed E-state index contributed by atoms with van der Waals surface area (Å²) in [7, 11) is 1.73. The number of aliphatic imine (C=N–C) groups is 1. The maximum Gasteiger partial charge on any atom is 0.204 e. The van der Waals surface area contributed by atoms with Gasteiger partial charge in [-0.05, 0) is 23.3 Å². The van der Waals surface area contributed by atoms with Gasteiger partial charge in [0.15, 0.2) is 6.19 Å². The normalized spacial score (nSPS) is 10.8. The van der Waals surface area contributed by atoms with E-state index in [2.05, 4.69) is 26.7 Å². The van der Waals surface area contributed by atoms with Gasteiger partial charge in [-0.1, -0.05) is 30.3 Å². The van der Waals surface area contributed by atoms with E-state index in [1.807, 2.05) is 42.6 Å². The minimum absolute atomic E-state index is 0.463. The predicted octanol–water partition coefficient (Wildman–Crippen LogP) is 1.82. The highest BCUT2D eigenvalue weighted by Crippen LogP contribution is 2.14. The Labute approximate surface area is 124 Å². The smallest absolute Gasteiger partial charge is 0.204 e. The number of guanidine groups is 1. The number of pyridine rings is 1. The van der Waals surface area contributed by atoms with Crippen molar-refractivity contribution >= 4 is 5.96 Å². The van der Waals surface area contributed by atoms with Crippen molar-refractivity contribution in [3.05, 3.63) is 65.5 Å². The summed E-state index contributed by atoms with van der Waals surface area (Å²) in [5.41, 5.74) is 3.33. The zero-order valence-corrected chi connectivity index (χ0v) is 11.9. The van der Waals surface area contributed by atoms with E-state index in [0.29, 0.717) is 12.5 Å². The number of hydrogen-bond donors (Lipinski definition) is 2. The zero-order chi connectivity index (χ0) is 14.9. The minimum Gasteiger partial charge on any atom is -0.359 e. The average molecular weight is 279 g/mol. The molecule has 0 aliphatic heterocycles. The van der Waals surface area contributed by atoms with Crippen LogP contribution >= 0.6 is 0 Å². The molecule has 0 saturated carbocycles. The van der Waals surface area contributed by atoms with Crippen LogP contribution in [0, 0.1) is 11.5 Å². The highest BCUT2D eigenvalue weighted by Gasteiger charge is 2.04. The molecule has 1 aromatic heterocycles. The van der Waals surface area contributed by atoms with Crippen LogP contribution < -0.4 is 10.6 Å². The largest absolute Gasteiger partial charge is 0.359 e. The molecule has 0 spiro atoms. The van der Waals surface area contributed by atoms with E-state index in [9.17, 15) is 0 Å². The highest BCUT2D eigenvalue weighted by atomic mass is 15.1. The Morgan fingerprint density at radius 3 is 2.62 bits per heavy atom. The van der Waals surface area contributed by atoms with Gasteiger partial charge in [0.2, 0.25) is 5.96 Å². The Morgan fingerprint density at radius 2 is 1.95 bits per heavy atom. The number of benzene rings is 1. The van der Waals surface area contributed by atoms with Crippen molar-refractivity contribution < 1.29 is 0 Å². The summed E-state index contributed by atoms with van der Waals surface area (Å²) in [6.07, 6.45) is 4.42. The molecule has 1 heterocycles. The fourth-order valence-electron chi connectivity index (χ4n) is 1.98. The fraction of sp³-hybridized carbons (Fsp3) is 0.188. The highest BCUT2D eigenvalue weighted by molar-refractivity contribution is 5.80. The lowest BCUT2D eigenvalue weighted by atomic mass is 10.0. The van der Waals surface area contributed by atoms with Gasteiger partial charge in [-0.15, -0.1) is 0 Å². The van der Waals surface area contributed by atoms with Crippen LogP contribution in [0.4, 0.5) is 0 Å². The summed E-state index contributed by atoms with van der Waals surface area (Å²) < 4.78 is 0. The molecule has 0 aliphatic rings. The standard InChI is InChI=1S/C16H17N5/c1-18-16(21-12-17)20-11-14-7-3-2-6-13(14)10-15-8-4-5-9-19-15/h2-9H,10-11H2,1H3,(H2,18,20,21). The Hall–Kier alpha value is -2.87. The number of hydrogen-bond acceptors (Lipinski definition) is 3. The molecule has 106 valence electrons. The predicted molar refractivity (Wildman–Crippen MR) is 82.4 cm³/mol. The quantitative estimate of drug-likeness (QED) is 0.387. The van der Waals surface area contributed by atoms with Gasteiger partial charge in [0.05, 0.1) is 6.54 Å². The zero-order valence-electron chi connectivity index (χ0n) is 11.9. The van der Waals surface area contributed by atoms with Crippen LogP contribution in [0.1, 0.15) is 16.8 Å². The second-order valence-electron chi connectivity index (χ2n) is 4.42. The molecule has 5 nitrogen and oxygen atoms in total. The van der Waals surface area contributed by atoms with Crippen molar-refractivity contribution in [2.75, 3.05) is 7.05 Å². The first-order valence-electron chi connectivity index (χ1n) is 6.67. The summed E-state index contributed by atoms with van der Waals surface area (Å²) in [5.74, 6) is 0.463. The Morgan fingerprint density at radius 1 is 1.19 bits per heavy atom. The molecule has 0 fully saturated rings. The summed E-state index contributed by atoms with van der Waals surface area (Å²) in [4.78, 5) is 8.71. The Bertz CT molecular complexity index is 643. The first-order valence-corrected chi connectivity index (χ1v) is 6.67. The maximum absolute atomic E-state index is 8.62. The van der Waals surface area contributed by atoms with Crippen LogP contribution in [-0.4, -0.2) is 18.0 Å². The van der Waals surface area contributed by atoms with Crippen LogP contribution in [0.3, 0.4) is 0 Å². The van der Waals surface area contributed by atoms with Crippen molar-refractivity contribution in [3.8, 4) is 6.19 Å². The molecular weight excluding hydrogens is 262 g/mol. The van der Waals surface area contributed by atoms with E-state index in [-0.39, 0.29) is 0 Å². The second-order valence-corrected chi connectivity index (χ2v) is 4.42. The number of rotatable bonds is 4. The molecule has 0 amide bonds. The first-order chi connectivity index (χ1) is 10.3. The van der Waals surface area contributed by atoms with Gasteiger partial charge in [-0.2, -0.15) is 5.26 Å². The molecule has 2 N–H and O–H groups in total. The van der Waals surface area contributed by atoms with Gasteiger partial charge < -0.3 is 5.32 Å². The van der Waals surface area contributed by atoms with Crippen molar-refractivity contribution in [3.63, 3.8) is 0 Å². The van der Waals surface area contributed by atoms with E-state index in [1.165, 1.54) is 5.56 Å². The monoisotopic (exact) mass is 279 g/mol. The second kappa shape index (κ2) is 7.65. The van der Waals surface area contributed by atoms with E-state index < -0.39 is 0 Å². The summed E-state index contributed by atoms with van der Waals surface area (Å²) in [6, 6.07) is 14.0. The molecule has 0 saturated heterocycles. The van der Waals surface area contributed by atoms with Gasteiger partial charge in [0.25, 0.3) is 0 Å². The van der Waals surface area contributed by atoms with Crippen LogP contribution in [0.15, 0.2) is 53.7 Å². The molecule has 2 aromatic rings. The van der Waals surface area contributed by atoms with E-state index >= 15 is 0 Å². The summed E-state index contributed by atoms with van der Waals surface area (Å²) >= 11 is 0. The lowest BCUT2D eigenvalue weighted by Gasteiger charge is -2.08. The van der Waals surface area contributed by atoms with Crippen LogP contribution in [0.5, 0.6) is 0 Å².